The van der Waals surface area contributed by atoms with Crippen LogP contribution >= 0.6 is 0 Å². The lowest BCUT2D eigenvalue weighted by Crippen LogP contribution is -2.60. The van der Waals surface area contributed by atoms with Crippen molar-refractivity contribution in [2.75, 3.05) is 20.1 Å². The Balaban J connectivity index is 1.71. The highest BCUT2D eigenvalue weighted by molar-refractivity contribution is 5.77. The smallest absolute Gasteiger partial charge is 0.222 e. The van der Waals surface area contributed by atoms with Gasteiger partial charge in [-0.2, -0.15) is 0 Å². The SMILES string of the molecule is CN1C(=O)CCCC12CCCN(Cc1ccccn1)C2. The van der Waals surface area contributed by atoms with Crippen LogP contribution in [-0.2, 0) is 11.3 Å². The van der Waals surface area contributed by atoms with E-state index < -0.39 is 0 Å². The Bertz CT molecular complexity index is 472. The lowest BCUT2D eigenvalue weighted by atomic mass is 9.80. The molecule has 3 heterocycles. The molecule has 2 fully saturated rings. The highest BCUT2D eigenvalue weighted by atomic mass is 16.2. The first-order chi connectivity index (χ1) is 9.70. The third kappa shape index (κ3) is 2.57. The molecule has 1 atom stereocenters. The molecule has 0 bridgehead atoms. The maximum absolute atomic E-state index is 12.0. The molecule has 0 saturated carbocycles. The molecule has 1 amide bonds. The largest absolute Gasteiger partial charge is 0.339 e. The van der Waals surface area contributed by atoms with Crippen molar-refractivity contribution in [1.29, 1.82) is 0 Å². The van der Waals surface area contributed by atoms with Crippen LogP contribution in [0, 0.1) is 0 Å². The summed E-state index contributed by atoms with van der Waals surface area (Å²) in [6.45, 7) is 3.00. The average molecular weight is 273 g/mol. The minimum Gasteiger partial charge on any atom is -0.339 e. The molecular formula is C16H23N3O. The van der Waals surface area contributed by atoms with E-state index in [2.05, 4.69) is 16.0 Å². The van der Waals surface area contributed by atoms with E-state index in [1.807, 2.05) is 30.3 Å². The summed E-state index contributed by atoms with van der Waals surface area (Å²) in [6, 6.07) is 6.07. The Morgan fingerprint density at radius 1 is 1.30 bits per heavy atom. The summed E-state index contributed by atoms with van der Waals surface area (Å²) in [5.74, 6) is 0.316. The molecule has 1 spiro atoms. The lowest BCUT2D eigenvalue weighted by molar-refractivity contribution is -0.143. The second kappa shape index (κ2) is 5.52. The van der Waals surface area contributed by atoms with E-state index in [1.54, 1.807) is 0 Å². The van der Waals surface area contributed by atoms with E-state index in [-0.39, 0.29) is 5.54 Å². The predicted molar refractivity (Wildman–Crippen MR) is 78.1 cm³/mol. The number of likely N-dealkylation sites (N-methyl/N-ethyl adjacent to an activating group) is 1. The molecule has 4 heteroatoms. The normalized spacial score (nSPS) is 28.1. The quantitative estimate of drug-likeness (QED) is 0.827. The van der Waals surface area contributed by atoms with E-state index in [9.17, 15) is 4.79 Å². The fourth-order valence-corrected chi connectivity index (χ4v) is 3.71. The van der Waals surface area contributed by atoms with Gasteiger partial charge in [0, 0.05) is 32.8 Å². The number of nitrogens with zero attached hydrogens (tertiary/aromatic N) is 3. The molecule has 2 aliphatic rings. The summed E-state index contributed by atoms with van der Waals surface area (Å²) in [5, 5.41) is 0. The van der Waals surface area contributed by atoms with Crippen LogP contribution in [0.2, 0.25) is 0 Å². The number of carbonyl (C=O) groups excluding carboxylic acids is 1. The minimum atomic E-state index is 0.0718. The highest BCUT2D eigenvalue weighted by Crippen LogP contribution is 2.35. The Morgan fingerprint density at radius 3 is 2.95 bits per heavy atom. The van der Waals surface area contributed by atoms with Crippen molar-refractivity contribution in [3.63, 3.8) is 0 Å². The molecule has 4 nitrogen and oxygen atoms in total. The Kier molecular flexibility index (Phi) is 3.74. The van der Waals surface area contributed by atoms with Crippen molar-refractivity contribution < 1.29 is 4.79 Å². The van der Waals surface area contributed by atoms with Gasteiger partial charge in [0.2, 0.25) is 5.91 Å². The molecule has 3 rings (SSSR count). The number of hydrogen-bond donors (Lipinski definition) is 0. The van der Waals surface area contributed by atoms with Gasteiger partial charge in [0.05, 0.1) is 11.2 Å². The van der Waals surface area contributed by atoms with E-state index in [0.717, 1.165) is 51.0 Å². The monoisotopic (exact) mass is 273 g/mol. The zero-order valence-electron chi connectivity index (χ0n) is 12.2. The molecule has 0 aliphatic carbocycles. The molecule has 1 unspecified atom stereocenters. The fourth-order valence-electron chi connectivity index (χ4n) is 3.71. The van der Waals surface area contributed by atoms with Gasteiger partial charge in [0.15, 0.2) is 0 Å². The van der Waals surface area contributed by atoms with Gasteiger partial charge in [-0.1, -0.05) is 6.07 Å². The van der Waals surface area contributed by atoms with Crippen LogP contribution in [0.1, 0.15) is 37.8 Å². The topological polar surface area (TPSA) is 36.4 Å². The molecule has 0 N–H and O–H groups in total. The fraction of sp³-hybridized carbons (Fsp3) is 0.625. The second-order valence-electron chi connectivity index (χ2n) is 6.17. The second-order valence-corrected chi connectivity index (χ2v) is 6.17. The number of likely N-dealkylation sites (tertiary alicyclic amines) is 2. The molecule has 20 heavy (non-hydrogen) atoms. The average Bonchev–Trinajstić information content (AvgIpc) is 2.46. The van der Waals surface area contributed by atoms with Crippen LogP contribution < -0.4 is 0 Å². The molecule has 2 aliphatic heterocycles. The number of rotatable bonds is 2. The zero-order chi connectivity index (χ0) is 14.0. The van der Waals surface area contributed by atoms with Gasteiger partial charge in [0.1, 0.15) is 0 Å². The molecule has 2 saturated heterocycles. The summed E-state index contributed by atoms with van der Waals surface area (Å²) in [5.41, 5.74) is 1.19. The van der Waals surface area contributed by atoms with Gasteiger partial charge < -0.3 is 4.90 Å². The number of amides is 1. The first-order valence-corrected chi connectivity index (χ1v) is 7.59. The first kappa shape index (κ1) is 13.6. The zero-order valence-corrected chi connectivity index (χ0v) is 12.2. The summed E-state index contributed by atoms with van der Waals surface area (Å²) in [6.07, 6.45) is 7.08. The molecule has 1 aromatic rings. The minimum absolute atomic E-state index is 0.0718. The summed E-state index contributed by atoms with van der Waals surface area (Å²) < 4.78 is 0. The predicted octanol–water partition coefficient (Wildman–Crippen LogP) is 2.06. The first-order valence-electron chi connectivity index (χ1n) is 7.59. The molecule has 0 aromatic carbocycles. The van der Waals surface area contributed by atoms with Crippen LogP contribution in [-0.4, -0.2) is 46.4 Å². The van der Waals surface area contributed by atoms with Crippen LogP contribution in [0.5, 0.6) is 0 Å². The third-order valence-electron chi connectivity index (χ3n) is 4.86. The van der Waals surface area contributed by atoms with Crippen molar-refractivity contribution in [1.82, 2.24) is 14.8 Å². The Hall–Kier alpha value is -1.42. The molecule has 0 radical (unpaired) electrons. The van der Waals surface area contributed by atoms with Gasteiger partial charge in [-0.3, -0.25) is 14.7 Å². The van der Waals surface area contributed by atoms with E-state index in [1.165, 1.54) is 6.42 Å². The Labute approximate surface area is 120 Å². The molecule has 1 aromatic heterocycles. The number of aromatic nitrogens is 1. The number of carbonyl (C=O) groups is 1. The third-order valence-corrected chi connectivity index (χ3v) is 4.86. The van der Waals surface area contributed by atoms with E-state index in [0.29, 0.717) is 5.91 Å². The van der Waals surface area contributed by atoms with Crippen LogP contribution in [0.4, 0.5) is 0 Å². The van der Waals surface area contributed by atoms with Crippen LogP contribution in [0.3, 0.4) is 0 Å². The van der Waals surface area contributed by atoms with Gasteiger partial charge >= 0.3 is 0 Å². The number of hydrogen-bond acceptors (Lipinski definition) is 3. The lowest BCUT2D eigenvalue weighted by Gasteiger charge is -2.50. The van der Waals surface area contributed by atoms with Gasteiger partial charge in [-0.05, 0) is 44.4 Å². The number of pyridine rings is 1. The van der Waals surface area contributed by atoms with Gasteiger partial charge in [-0.15, -0.1) is 0 Å². The van der Waals surface area contributed by atoms with Crippen molar-refractivity contribution in [3.05, 3.63) is 30.1 Å². The van der Waals surface area contributed by atoms with Crippen molar-refractivity contribution >= 4 is 5.91 Å². The maximum atomic E-state index is 12.0. The Morgan fingerprint density at radius 2 is 2.15 bits per heavy atom. The number of piperidine rings is 2. The van der Waals surface area contributed by atoms with Crippen molar-refractivity contribution in [2.24, 2.45) is 0 Å². The maximum Gasteiger partial charge on any atom is 0.222 e. The van der Waals surface area contributed by atoms with Crippen LogP contribution in [0.25, 0.3) is 0 Å². The van der Waals surface area contributed by atoms with Gasteiger partial charge in [0.25, 0.3) is 0 Å². The van der Waals surface area contributed by atoms with Crippen LogP contribution in [0.15, 0.2) is 24.4 Å². The van der Waals surface area contributed by atoms with Crippen molar-refractivity contribution in [2.45, 2.75) is 44.2 Å². The van der Waals surface area contributed by atoms with E-state index in [4.69, 9.17) is 0 Å². The summed E-state index contributed by atoms with van der Waals surface area (Å²) >= 11 is 0. The summed E-state index contributed by atoms with van der Waals surface area (Å²) in [4.78, 5) is 20.9. The molecular weight excluding hydrogens is 250 g/mol. The van der Waals surface area contributed by atoms with E-state index >= 15 is 0 Å². The standard InChI is InChI=1S/C16H23N3O/c1-18-15(20)7-4-8-16(18)9-5-11-19(13-16)12-14-6-2-3-10-17-14/h2-3,6,10H,4-5,7-9,11-13H2,1H3. The highest BCUT2D eigenvalue weighted by Gasteiger charge is 2.43. The van der Waals surface area contributed by atoms with Gasteiger partial charge in [-0.25, -0.2) is 0 Å². The van der Waals surface area contributed by atoms with Crippen molar-refractivity contribution in [3.8, 4) is 0 Å². The molecule has 108 valence electrons. The summed E-state index contributed by atoms with van der Waals surface area (Å²) in [7, 11) is 1.99.